The van der Waals surface area contributed by atoms with Crippen molar-refractivity contribution in [2.75, 3.05) is 13.1 Å². The molecule has 1 saturated heterocycles. The first kappa shape index (κ1) is 16.7. The smallest absolute Gasteiger partial charge is 0.138 e. The minimum atomic E-state index is 0.196. The van der Waals surface area contributed by atoms with E-state index in [4.69, 9.17) is 0 Å². The molecule has 2 heterocycles. The lowest BCUT2D eigenvalue weighted by Gasteiger charge is -2.45. The van der Waals surface area contributed by atoms with Gasteiger partial charge < -0.3 is 4.90 Å². The summed E-state index contributed by atoms with van der Waals surface area (Å²) in [6, 6.07) is 1.19. The van der Waals surface area contributed by atoms with Gasteiger partial charge in [0.05, 0.1) is 12.2 Å². The van der Waals surface area contributed by atoms with Crippen molar-refractivity contribution in [1.29, 1.82) is 0 Å². The fraction of sp³-hybridized carbons (Fsp3) is 0.789. The summed E-state index contributed by atoms with van der Waals surface area (Å²) in [4.78, 5) is 14.6. The number of carbonyl (C=O) groups is 1. The molecule has 1 aliphatic carbocycles. The molecule has 4 heteroatoms. The Hall–Kier alpha value is -1.16. The Morgan fingerprint density at radius 1 is 1.13 bits per heavy atom. The standard InChI is InChI=1S/C19H31N3O/c1-13(2)16-11-20-22(12-16)17-5-7-21(8-6-17)18-9-15(10-18)19(23)14(3)4/h11-15,17-18H,5-10H2,1-4H3. The van der Waals surface area contributed by atoms with Gasteiger partial charge in [-0.1, -0.05) is 27.7 Å². The molecule has 23 heavy (non-hydrogen) atoms. The van der Waals surface area contributed by atoms with E-state index in [0.717, 1.165) is 25.9 Å². The van der Waals surface area contributed by atoms with Crippen LogP contribution in [0.25, 0.3) is 0 Å². The average Bonchev–Trinajstić information content (AvgIpc) is 2.96. The Morgan fingerprint density at radius 3 is 2.30 bits per heavy atom. The second-order valence-corrected chi connectivity index (χ2v) is 8.05. The quantitative estimate of drug-likeness (QED) is 0.832. The summed E-state index contributed by atoms with van der Waals surface area (Å²) < 4.78 is 2.18. The molecule has 128 valence electrons. The summed E-state index contributed by atoms with van der Waals surface area (Å²) in [5, 5.41) is 4.57. The van der Waals surface area contributed by atoms with E-state index >= 15 is 0 Å². The molecule has 1 aromatic rings. The van der Waals surface area contributed by atoms with Gasteiger partial charge in [-0.05, 0) is 37.2 Å². The largest absolute Gasteiger partial charge is 0.300 e. The van der Waals surface area contributed by atoms with Crippen LogP contribution in [0, 0.1) is 11.8 Å². The van der Waals surface area contributed by atoms with Crippen molar-refractivity contribution >= 4 is 5.78 Å². The van der Waals surface area contributed by atoms with Gasteiger partial charge in [-0.3, -0.25) is 9.48 Å². The molecule has 0 bridgehead atoms. The molecule has 1 aromatic heterocycles. The molecule has 0 amide bonds. The van der Waals surface area contributed by atoms with Crippen molar-refractivity contribution in [1.82, 2.24) is 14.7 Å². The maximum absolute atomic E-state index is 12.0. The van der Waals surface area contributed by atoms with Crippen molar-refractivity contribution < 1.29 is 4.79 Å². The highest BCUT2D eigenvalue weighted by molar-refractivity contribution is 5.83. The van der Waals surface area contributed by atoms with Gasteiger partial charge in [0.2, 0.25) is 0 Å². The van der Waals surface area contributed by atoms with Crippen molar-refractivity contribution in [2.45, 2.75) is 71.4 Å². The third-order valence-corrected chi connectivity index (χ3v) is 5.76. The lowest BCUT2D eigenvalue weighted by atomic mass is 9.73. The first-order valence-electron chi connectivity index (χ1n) is 9.27. The molecule has 0 atom stereocenters. The third-order valence-electron chi connectivity index (χ3n) is 5.76. The Balaban J connectivity index is 1.47. The van der Waals surface area contributed by atoms with Crippen LogP contribution >= 0.6 is 0 Å². The van der Waals surface area contributed by atoms with E-state index in [9.17, 15) is 4.79 Å². The zero-order valence-corrected chi connectivity index (χ0v) is 15.0. The van der Waals surface area contributed by atoms with Crippen LogP contribution in [0.3, 0.4) is 0 Å². The van der Waals surface area contributed by atoms with Crippen molar-refractivity contribution in [3.8, 4) is 0 Å². The number of nitrogens with zero attached hydrogens (tertiary/aromatic N) is 3. The van der Waals surface area contributed by atoms with E-state index in [-0.39, 0.29) is 5.92 Å². The number of likely N-dealkylation sites (tertiary alicyclic amines) is 1. The summed E-state index contributed by atoms with van der Waals surface area (Å²) in [5.41, 5.74) is 1.33. The summed E-state index contributed by atoms with van der Waals surface area (Å²) in [7, 11) is 0. The normalized spacial score (nSPS) is 26.7. The lowest BCUT2D eigenvalue weighted by Crippen LogP contribution is -2.50. The predicted molar refractivity (Wildman–Crippen MR) is 92.5 cm³/mol. The molecule has 3 rings (SSSR count). The van der Waals surface area contributed by atoms with Gasteiger partial charge in [0.25, 0.3) is 0 Å². The molecule has 0 spiro atoms. The number of hydrogen-bond donors (Lipinski definition) is 0. The number of aromatic nitrogens is 2. The Kier molecular flexibility index (Phi) is 4.90. The van der Waals surface area contributed by atoms with Crippen LogP contribution in [-0.4, -0.2) is 39.6 Å². The zero-order chi connectivity index (χ0) is 16.6. The molecule has 0 N–H and O–H groups in total. The number of ketones is 1. The van der Waals surface area contributed by atoms with Crippen LogP contribution in [0.1, 0.15) is 70.9 Å². The van der Waals surface area contributed by atoms with Gasteiger partial charge in [0.15, 0.2) is 0 Å². The fourth-order valence-corrected chi connectivity index (χ4v) is 3.96. The van der Waals surface area contributed by atoms with E-state index in [1.165, 1.54) is 18.4 Å². The van der Waals surface area contributed by atoms with E-state index in [1.54, 1.807) is 0 Å². The van der Waals surface area contributed by atoms with Crippen molar-refractivity contribution in [3.05, 3.63) is 18.0 Å². The van der Waals surface area contributed by atoms with Crippen molar-refractivity contribution in [2.24, 2.45) is 11.8 Å². The second kappa shape index (κ2) is 6.76. The van der Waals surface area contributed by atoms with Crippen molar-refractivity contribution in [3.63, 3.8) is 0 Å². The lowest BCUT2D eigenvalue weighted by molar-refractivity contribution is -0.130. The molecule has 1 aliphatic heterocycles. The highest BCUT2D eigenvalue weighted by Gasteiger charge is 2.39. The first-order valence-corrected chi connectivity index (χ1v) is 9.27. The molecule has 4 nitrogen and oxygen atoms in total. The molecular formula is C19H31N3O. The minimum absolute atomic E-state index is 0.196. The monoisotopic (exact) mass is 317 g/mol. The van der Waals surface area contributed by atoms with Crippen LogP contribution in [0.4, 0.5) is 0 Å². The van der Waals surface area contributed by atoms with Gasteiger partial charge in [0, 0.05) is 37.2 Å². The summed E-state index contributed by atoms with van der Waals surface area (Å²) in [5.74, 6) is 1.54. The zero-order valence-electron chi connectivity index (χ0n) is 15.0. The van der Waals surface area contributed by atoms with Crippen LogP contribution in [0.2, 0.25) is 0 Å². The number of rotatable bonds is 5. The van der Waals surface area contributed by atoms with Gasteiger partial charge in [-0.25, -0.2) is 0 Å². The van der Waals surface area contributed by atoms with E-state index in [1.807, 2.05) is 20.0 Å². The average molecular weight is 317 g/mol. The van der Waals surface area contributed by atoms with E-state index in [0.29, 0.717) is 29.7 Å². The SMILES string of the molecule is CC(C)C(=O)C1CC(N2CCC(n3cc(C(C)C)cn3)CC2)C1. The molecule has 0 unspecified atom stereocenters. The Morgan fingerprint density at radius 2 is 1.78 bits per heavy atom. The summed E-state index contributed by atoms with van der Waals surface area (Å²) in [6.07, 6.45) is 8.77. The maximum Gasteiger partial charge on any atom is 0.138 e. The van der Waals surface area contributed by atoms with Gasteiger partial charge in [0.1, 0.15) is 5.78 Å². The van der Waals surface area contributed by atoms with Crippen LogP contribution in [0.5, 0.6) is 0 Å². The van der Waals surface area contributed by atoms with Crippen LogP contribution in [-0.2, 0) is 4.79 Å². The highest BCUT2D eigenvalue weighted by Crippen LogP contribution is 2.36. The van der Waals surface area contributed by atoms with E-state index < -0.39 is 0 Å². The van der Waals surface area contributed by atoms with Gasteiger partial charge in [-0.2, -0.15) is 5.10 Å². The molecule has 2 aliphatic rings. The second-order valence-electron chi connectivity index (χ2n) is 8.05. The van der Waals surface area contributed by atoms with E-state index in [2.05, 4.69) is 34.7 Å². The summed E-state index contributed by atoms with van der Waals surface area (Å²) >= 11 is 0. The maximum atomic E-state index is 12.0. The first-order chi connectivity index (χ1) is 11.0. The third kappa shape index (κ3) is 3.52. The minimum Gasteiger partial charge on any atom is -0.300 e. The van der Waals surface area contributed by atoms with Gasteiger partial charge in [-0.15, -0.1) is 0 Å². The number of Topliss-reactive ketones (excluding diaryl/α,β-unsaturated/α-hetero) is 1. The van der Waals surface area contributed by atoms with Crippen LogP contribution in [0.15, 0.2) is 12.4 Å². The highest BCUT2D eigenvalue weighted by atomic mass is 16.1. The molecule has 0 radical (unpaired) electrons. The topological polar surface area (TPSA) is 38.1 Å². The molecular weight excluding hydrogens is 286 g/mol. The molecule has 2 fully saturated rings. The van der Waals surface area contributed by atoms with Gasteiger partial charge >= 0.3 is 0 Å². The van der Waals surface area contributed by atoms with Crippen LogP contribution < -0.4 is 0 Å². The predicted octanol–water partition coefficient (Wildman–Crippen LogP) is 3.65. The Bertz CT molecular complexity index is 535. The summed E-state index contributed by atoms with van der Waals surface area (Å²) in [6.45, 7) is 10.8. The molecule has 1 saturated carbocycles. The number of carbonyl (C=O) groups excluding carboxylic acids is 1. The molecule has 0 aromatic carbocycles. The number of piperidine rings is 1. The number of hydrogen-bond acceptors (Lipinski definition) is 3. The Labute approximate surface area is 140 Å². The fourth-order valence-electron chi connectivity index (χ4n) is 3.96.